The highest BCUT2D eigenvalue weighted by Gasteiger charge is 2.44. The van der Waals surface area contributed by atoms with Gasteiger partial charge >= 0.3 is 0 Å². The van der Waals surface area contributed by atoms with Gasteiger partial charge in [-0.15, -0.1) is 0 Å². The van der Waals surface area contributed by atoms with E-state index in [1.54, 1.807) is 36.4 Å². The van der Waals surface area contributed by atoms with Gasteiger partial charge in [0.05, 0.1) is 4.90 Å². The number of nitrogens with one attached hydrogen (secondary N) is 1. The van der Waals surface area contributed by atoms with E-state index in [4.69, 9.17) is 11.6 Å². The highest BCUT2D eigenvalue weighted by Crippen LogP contribution is 2.37. The third kappa shape index (κ3) is 6.71. The molecule has 35 heavy (non-hydrogen) atoms. The molecule has 0 unspecified atom stereocenters. The van der Waals surface area contributed by atoms with Crippen molar-refractivity contribution in [3.63, 3.8) is 0 Å². The van der Waals surface area contributed by atoms with E-state index >= 15 is 4.39 Å². The molecule has 0 bridgehead atoms. The van der Waals surface area contributed by atoms with E-state index in [9.17, 15) is 21.6 Å². The van der Waals surface area contributed by atoms with Gasteiger partial charge in [-0.2, -0.15) is 4.31 Å². The first kappa shape index (κ1) is 27.8. The molecule has 1 amide bonds. The molecule has 1 aliphatic heterocycles. The summed E-state index contributed by atoms with van der Waals surface area (Å²) in [5, 5.41) is 3.76. The van der Waals surface area contributed by atoms with Gasteiger partial charge in [0.25, 0.3) is 5.91 Å². The van der Waals surface area contributed by atoms with Crippen LogP contribution in [0.5, 0.6) is 0 Å². The molecule has 2 aromatic carbocycles. The van der Waals surface area contributed by atoms with Crippen LogP contribution in [-0.2, 0) is 24.7 Å². The number of sulfonamides is 1. The van der Waals surface area contributed by atoms with Crippen LogP contribution in [0.25, 0.3) is 11.1 Å². The Hall–Kier alpha value is -1.79. The molecule has 1 saturated heterocycles. The van der Waals surface area contributed by atoms with E-state index < -0.39 is 37.5 Å². The second-order valence-electron chi connectivity index (χ2n) is 8.41. The Morgan fingerprint density at radius 2 is 1.77 bits per heavy atom. The Kier molecular flexibility index (Phi) is 8.48. The van der Waals surface area contributed by atoms with Gasteiger partial charge in [-0.3, -0.25) is 4.79 Å². The average Bonchev–Trinajstić information content (AvgIpc) is 2.77. The van der Waals surface area contributed by atoms with Crippen molar-refractivity contribution < 1.29 is 26.0 Å². The lowest BCUT2D eigenvalue weighted by atomic mass is 9.93. The molecule has 1 aliphatic rings. The van der Waals surface area contributed by atoms with Gasteiger partial charge in [0, 0.05) is 64.3 Å². The first-order valence-electron chi connectivity index (χ1n) is 10.7. The van der Waals surface area contributed by atoms with Crippen molar-refractivity contribution >= 4 is 53.3 Å². The molecule has 7 nitrogen and oxygen atoms in total. The van der Waals surface area contributed by atoms with Crippen LogP contribution in [-0.4, -0.2) is 58.1 Å². The summed E-state index contributed by atoms with van der Waals surface area (Å²) in [6.45, 7) is 1.13. The Labute approximate surface area is 218 Å². The molecular weight excluding hydrogens is 583 g/mol. The highest BCUT2D eigenvalue weighted by molar-refractivity contribution is 9.10. The Morgan fingerprint density at radius 3 is 2.37 bits per heavy atom. The number of alkyl halides is 1. The molecule has 0 aliphatic carbocycles. The monoisotopic (exact) mass is 606 g/mol. The summed E-state index contributed by atoms with van der Waals surface area (Å²) in [5.74, 6) is -0.902. The Bertz CT molecular complexity index is 1360. The van der Waals surface area contributed by atoms with Gasteiger partial charge in [0.2, 0.25) is 10.0 Å². The summed E-state index contributed by atoms with van der Waals surface area (Å²) in [6.07, 6.45) is 1.59. The summed E-state index contributed by atoms with van der Waals surface area (Å²) < 4.78 is 66.8. The molecular formula is C23H25BrClFN2O5S2. The number of sulfone groups is 1. The zero-order valence-corrected chi connectivity index (χ0v) is 23.0. The molecule has 12 heteroatoms. The van der Waals surface area contributed by atoms with Crippen molar-refractivity contribution in [2.24, 2.45) is 0 Å². The van der Waals surface area contributed by atoms with E-state index in [0.29, 0.717) is 20.6 Å². The minimum Gasteiger partial charge on any atom is -0.347 e. The molecule has 3 rings (SSSR count). The highest BCUT2D eigenvalue weighted by atomic mass is 79.9. The maximum Gasteiger partial charge on any atom is 0.258 e. The van der Waals surface area contributed by atoms with Gasteiger partial charge < -0.3 is 5.32 Å². The predicted octanol–water partition coefficient (Wildman–Crippen LogP) is 4.33. The normalized spacial score (nSPS) is 17.9. The number of amides is 1. The summed E-state index contributed by atoms with van der Waals surface area (Å²) >= 11 is 9.69. The van der Waals surface area contributed by atoms with Crippen LogP contribution < -0.4 is 5.32 Å². The molecule has 0 spiro atoms. The number of carbonyl (C=O) groups excluding carboxylic acids is 1. The summed E-state index contributed by atoms with van der Waals surface area (Å²) in [5.41, 5.74) is -1.32. The maximum absolute atomic E-state index is 15.4. The molecule has 0 saturated carbocycles. The molecule has 2 aromatic rings. The first-order valence-corrected chi connectivity index (χ1v) is 15.2. The van der Waals surface area contributed by atoms with Crippen molar-refractivity contribution in [3.8, 4) is 11.1 Å². The number of piperidine rings is 1. The van der Waals surface area contributed by atoms with Crippen molar-refractivity contribution in [1.82, 2.24) is 9.62 Å². The minimum absolute atomic E-state index is 0.0316. The number of hydrogen-bond donors (Lipinski definition) is 1. The third-order valence-electron chi connectivity index (χ3n) is 5.62. The molecule has 1 heterocycles. The van der Waals surface area contributed by atoms with Gasteiger partial charge in [-0.25, -0.2) is 21.2 Å². The number of benzene rings is 2. The largest absolute Gasteiger partial charge is 0.347 e. The molecule has 1 fully saturated rings. The van der Waals surface area contributed by atoms with Crippen LogP contribution in [0, 0.1) is 0 Å². The smallest absolute Gasteiger partial charge is 0.258 e. The summed E-state index contributed by atoms with van der Waals surface area (Å²) in [4.78, 5) is 12.6. The van der Waals surface area contributed by atoms with Gasteiger partial charge in [0.1, 0.15) is 0 Å². The van der Waals surface area contributed by atoms with Crippen LogP contribution in [0.4, 0.5) is 4.39 Å². The van der Waals surface area contributed by atoms with Crippen molar-refractivity contribution in [1.29, 1.82) is 0 Å². The molecule has 0 radical (unpaired) electrons. The second-order valence-corrected chi connectivity index (χ2v) is 13.6. The van der Waals surface area contributed by atoms with Gasteiger partial charge in [-0.05, 0) is 31.2 Å². The molecule has 0 aromatic heterocycles. The zero-order valence-electron chi connectivity index (χ0n) is 19.0. The van der Waals surface area contributed by atoms with E-state index in [0.717, 1.165) is 16.0 Å². The maximum atomic E-state index is 15.4. The first-order chi connectivity index (χ1) is 16.2. The molecule has 1 N–H and O–H groups in total. The van der Waals surface area contributed by atoms with Crippen LogP contribution in [0.3, 0.4) is 0 Å². The lowest BCUT2D eigenvalue weighted by Crippen LogP contribution is -2.53. The van der Waals surface area contributed by atoms with E-state index in [2.05, 4.69) is 21.2 Å². The number of rotatable bonds is 7. The van der Waals surface area contributed by atoms with E-state index in [-0.39, 0.29) is 30.8 Å². The lowest BCUT2D eigenvalue weighted by Gasteiger charge is -2.35. The van der Waals surface area contributed by atoms with Crippen LogP contribution in [0.1, 0.15) is 19.8 Å². The van der Waals surface area contributed by atoms with Crippen molar-refractivity contribution in [2.45, 2.75) is 36.4 Å². The van der Waals surface area contributed by atoms with Crippen LogP contribution >= 0.6 is 27.5 Å². The predicted molar refractivity (Wildman–Crippen MR) is 138 cm³/mol. The minimum atomic E-state index is -4.02. The van der Waals surface area contributed by atoms with Crippen molar-refractivity contribution in [3.05, 3.63) is 63.4 Å². The summed E-state index contributed by atoms with van der Waals surface area (Å²) in [6, 6.07) is 10.9. The standard InChI is InChI=1S/C23H25BrClFN2O5S2/c1-16(9-14-34(2,30)31)27-22(29)23(26)10-12-28(13-11-23)35(32,33)21-8-7-17(24)15-19(21)18-5-3-4-6-20(18)25/h3-9,14-16H,10-13H2,1-2H3,(H,27,29)/b14-9+/t16-/m1/s1. The Balaban J connectivity index is 1.79. The van der Waals surface area contributed by atoms with E-state index in [1.807, 2.05) is 0 Å². The van der Waals surface area contributed by atoms with Crippen LogP contribution in [0.15, 0.2) is 63.3 Å². The van der Waals surface area contributed by atoms with E-state index in [1.165, 1.54) is 19.1 Å². The topological polar surface area (TPSA) is 101 Å². The van der Waals surface area contributed by atoms with Gasteiger partial charge in [0.15, 0.2) is 15.5 Å². The number of hydrogen-bond acceptors (Lipinski definition) is 5. The fraction of sp³-hybridized carbons (Fsp3) is 0.348. The fourth-order valence-electron chi connectivity index (χ4n) is 3.71. The molecule has 1 atom stereocenters. The lowest BCUT2D eigenvalue weighted by molar-refractivity contribution is -0.135. The Morgan fingerprint density at radius 1 is 1.14 bits per heavy atom. The third-order valence-corrected chi connectivity index (χ3v) is 9.05. The van der Waals surface area contributed by atoms with Crippen LogP contribution in [0.2, 0.25) is 5.02 Å². The zero-order chi connectivity index (χ0) is 26.0. The molecule has 190 valence electrons. The number of nitrogens with zero attached hydrogens (tertiary/aromatic N) is 1. The van der Waals surface area contributed by atoms with Gasteiger partial charge in [-0.1, -0.05) is 51.8 Å². The number of halogens is 3. The quantitative estimate of drug-likeness (QED) is 0.505. The van der Waals surface area contributed by atoms with Crippen molar-refractivity contribution in [2.75, 3.05) is 19.3 Å². The fourth-order valence-corrected chi connectivity index (χ4v) is 6.46. The number of carbonyl (C=O) groups is 1. The SMILES string of the molecule is C[C@H](/C=C/S(C)(=O)=O)NC(=O)C1(F)CCN(S(=O)(=O)c2ccc(Br)cc2-c2ccccc2Cl)CC1. The summed E-state index contributed by atoms with van der Waals surface area (Å²) in [7, 11) is -7.41. The second kappa shape index (κ2) is 10.7. The average molecular weight is 608 g/mol.